The van der Waals surface area contributed by atoms with Crippen molar-refractivity contribution in [1.29, 1.82) is 0 Å². The van der Waals surface area contributed by atoms with Crippen molar-refractivity contribution in [3.63, 3.8) is 0 Å². The molecule has 5 rings (SSSR count). The van der Waals surface area contributed by atoms with E-state index in [1.807, 2.05) is 18.2 Å². The van der Waals surface area contributed by atoms with E-state index in [1.165, 1.54) is 7.11 Å². The van der Waals surface area contributed by atoms with E-state index in [0.717, 1.165) is 0 Å². The van der Waals surface area contributed by atoms with Gasteiger partial charge in [0.15, 0.2) is 0 Å². The Labute approximate surface area is 173 Å². The fourth-order valence-corrected chi connectivity index (χ4v) is 4.72. The van der Waals surface area contributed by atoms with E-state index < -0.39 is 23.5 Å². The minimum absolute atomic E-state index is 0.0971. The summed E-state index contributed by atoms with van der Waals surface area (Å²) in [6.45, 7) is 0.756. The highest BCUT2D eigenvalue weighted by Crippen LogP contribution is 2.52. The molecule has 8 heteroatoms. The number of hydrogen-bond donors (Lipinski definition) is 1. The van der Waals surface area contributed by atoms with Crippen LogP contribution in [-0.4, -0.2) is 49.2 Å². The van der Waals surface area contributed by atoms with Gasteiger partial charge in [-0.15, -0.1) is 0 Å². The zero-order valence-electron chi connectivity index (χ0n) is 16.7. The summed E-state index contributed by atoms with van der Waals surface area (Å²) in [7, 11) is 3.08. The van der Waals surface area contributed by atoms with Crippen LogP contribution >= 0.6 is 0 Å². The van der Waals surface area contributed by atoms with Crippen LogP contribution in [0.25, 0.3) is 0 Å². The van der Waals surface area contributed by atoms with Gasteiger partial charge < -0.3 is 28.8 Å². The molecule has 0 unspecified atom stereocenters. The van der Waals surface area contributed by atoms with Crippen molar-refractivity contribution in [2.75, 3.05) is 26.1 Å². The largest absolute Gasteiger partial charge is 0.497 e. The number of benzene rings is 1. The number of nitrogens with zero attached hydrogens (tertiary/aromatic N) is 1. The number of furan rings is 1. The van der Waals surface area contributed by atoms with Gasteiger partial charge in [0, 0.05) is 6.07 Å². The number of ether oxygens (including phenoxy) is 3. The molecule has 1 aromatic heterocycles. The number of fused-ring (bicyclic) bond motifs is 1. The van der Waals surface area contributed by atoms with Gasteiger partial charge in [-0.3, -0.25) is 9.59 Å². The normalized spacial score (nSPS) is 28.7. The van der Waals surface area contributed by atoms with Gasteiger partial charge in [0.05, 0.1) is 57.2 Å². The molecule has 4 heterocycles. The van der Waals surface area contributed by atoms with Crippen molar-refractivity contribution < 1.29 is 28.2 Å². The molecule has 0 saturated carbocycles. The van der Waals surface area contributed by atoms with Crippen molar-refractivity contribution in [2.24, 2.45) is 11.8 Å². The first-order valence-electron chi connectivity index (χ1n) is 9.76. The number of nitrogens with one attached hydrogen (secondary N) is 1. The topological polar surface area (TPSA) is 90.2 Å². The molecule has 1 spiro atoms. The van der Waals surface area contributed by atoms with Crippen LogP contribution < -0.4 is 14.8 Å². The summed E-state index contributed by atoms with van der Waals surface area (Å²) in [5.41, 5.74) is -0.248. The lowest BCUT2D eigenvalue weighted by molar-refractivity contribution is -0.136. The molecular weight excluding hydrogens is 388 g/mol. The van der Waals surface area contributed by atoms with Crippen LogP contribution in [0.5, 0.6) is 11.5 Å². The molecule has 3 aliphatic heterocycles. The molecule has 2 bridgehead atoms. The van der Waals surface area contributed by atoms with Gasteiger partial charge in [-0.25, -0.2) is 0 Å². The van der Waals surface area contributed by atoms with Crippen LogP contribution in [0.4, 0.5) is 5.69 Å². The summed E-state index contributed by atoms with van der Waals surface area (Å²) >= 11 is 0. The lowest BCUT2D eigenvalue weighted by atomic mass is 9.76. The summed E-state index contributed by atoms with van der Waals surface area (Å²) in [6, 6.07) is 8.76. The monoisotopic (exact) mass is 410 g/mol. The average Bonchev–Trinajstić information content (AvgIpc) is 3.52. The quantitative estimate of drug-likeness (QED) is 0.735. The van der Waals surface area contributed by atoms with E-state index in [0.29, 0.717) is 36.0 Å². The fraction of sp³-hybridized carbons (Fsp3) is 0.364. The van der Waals surface area contributed by atoms with Crippen LogP contribution in [0.1, 0.15) is 5.76 Å². The van der Waals surface area contributed by atoms with Gasteiger partial charge >= 0.3 is 0 Å². The number of likely N-dealkylation sites (tertiary alicyclic amines) is 1. The first kappa shape index (κ1) is 18.7. The summed E-state index contributed by atoms with van der Waals surface area (Å²) in [6.07, 6.45) is 4.97. The van der Waals surface area contributed by atoms with Gasteiger partial charge in [0.1, 0.15) is 22.9 Å². The predicted octanol–water partition coefficient (Wildman–Crippen LogP) is 2.22. The standard InChI is InChI=1S/C22H22N2O6/c1-27-13-5-6-15(17(10-13)28-2)23-20(25)18-16-7-8-22(30-16)12-24(21(26)19(18)22)11-14-4-3-9-29-14/h3-10,16,18-19H,11-12H2,1-2H3,(H,23,25)/t16-,18-,19-,22-/m1/s1. The molecule has 30 heavy (non-hydrogen) atoms. The Hall–Kier alpha value is -3.26. The number of carbonyl (C=O) groups excluding carboxylic acids is 2. The average molecular weight is 410 g/mol. The van der Waals surface area contributed by atoms with Crippen LogP contribution in [-0.2, 0) is 20.9 Å². The first-order valence-corrected chi connectivity index (χ1v) is 9.76. The first-order chi connectivity index (χ1) is 14.5. The van der Waals surface area contributed by atoms with Crippen LogP contribution in [0.15, 0.2) is 53.2 Å². The number of amides is 2. The maximum absolute atomic E-state index is 13.2. The maximum Gasteiger partial charge on any atom is 0.231 e. The molecule has 1 N–H and O–H groups in total. The molecule has 4 atom stereocenters. The van der Waals surface area contributed by atoms with Crippen molar-refractivity contribution >= 4 is 17.5 Å². The van der Waals surface area contributed by atoms with E-state index >= 15 is 0 Å². The van der Waals surface area contributed by atoms with Crippen LogP contribution in [0.3, 0.4) is 0 Å². The molecule has 2 saturated heterocycles. The number of methoxy groups -OCH3 is 2. The van der Waals surface area contributed by atoms with Crippen molar-refractivity contribution in [3.05, 3.63) is 54.5 Å². The van der Waals surface area contributed by atoms with E-state index in [2.05, 4.69) is 5.32 Å². The highest BCUT2D eigenvalue weighted by molar-refractivity contribution is 6.00. The van der Waals surface area contributed by atoms with E-state index in [9.17, 15) is 9.59 Å². The minimum Gasteiger partial charge on any atom is -0.497 e. The third-order valence-corrected chi connectivity index (χ3v) is 6.07. The molecule has 8 nitrogen and oxygen atoms in total. The van der Waals surface area contributed by atoms with Gasteiger partial charge in [-0.05, 0) is 24.3 Å². The lowest BCUT2D eigenvalue weighted by Gasteiger charge is -2.24. The summed E-state index contributed by atoms with van der Waals surface area (Å²) in [5.74, 6) is 0.251. The molecule has 2 amide bonds. The third kappa shape index (κ3) is 2.79. The Kier molecular flexibility index (Phi) is 4.32. The number of carbonyl (C=O) groups is 2. The Morgan fingerprint density at radius 1 is 1.30 bits per heavy atom. The second kappa shape index (κ2) is 6.91. The highest BCUT2D eigenvalue weighted by Gasteiger charge is 2.66. The van der Waals surface area contributed by atoms with Gasteiger partial charge in [0.25, 0.3) is 0 Å². The summed E-state index contributed by atoms with van der Waals surface area (Å²) < 4.78 is 22.1. The van der Waals surface area contributed by atoms with Gasteiger partial charge in [0.2, 0.25) is 11.8 Å². The predicted molar refractivity (Wildman–Crippen MR) is 106 cm³/mol. The molecule has 0 radical (unpaired) electrons. The number of anilines is 1. The highest BCUT2D eigenvalue weighted by atomic mass is 16.5. The van der Waals surface area contributed by atoms with Gasteiger partial charge in [-0.2, -0.15) is 0 Å². The second-order valence-corrected chi connectivity index (χ2v) is 7.73. The van der Waals surface area contributed by atoms with E-state index in [4.69, 9.17) is 18.6 Å². The molecule has 1 aromatic carbocycles. The zero-order valence-corrected chi connectivity index (χ0v) is 16.7. The molecule has 2 fully saturated rings. The van der Waals surface area contributed by atoms with Gasteiger partial charge in [-0.1, -0.05) is 12.2 Å². The Bertz CT molecular complexity index is 1020. The molecule has 156 valence electrons. The second-order valence-electron chi connectivity index (χ2n) is 7.73. The Morgan fingerprint density at radius 3 is 2.90 bits per heavy atom. The SMILES string of the molecule is COc1ccc(NC(=O)[C@@H]2[C@H]3C=C[C@]4(CN(Cc5ccco5)C(=O)[C@@H]24)O3)c(OC)c1. The molecule has 3 aliphatic rings. The summed E-state index contributed by atoms with van der Waals surface area (Å²) in [5, 5.41) is 2.91. The minimum atomic E-state index is -0.764. The fourth-order valence-electron chi connectivity index (χ4n) is 4.72. The molecule has 2 aromatic rings. The molecular formula is C22H22N2O6. The van der Waals surface area contributed by atoms with Crippen molar-refractivity contribution in [2.45, 2.75) is 18.2 Å². The molecule has 0 aliphatic carbocycles. The van der Waals surface area contributed by atoms with E-state index in [1.54, 1.807) is 42.5 Å². The summed E-state index contributed by atoms with van der Waals surface area (Å²) in [4.78, 5) is 28.2. The Morgan fingerprint density at radius 2 is 2.17 bits per heavy atom. The number of hydrogen-bond acceptors (Lipinski definition) is 6. The number of rotatable bonds is 6. The lowest BCUT2D eigenvalue weighted by Crippen LogP contribution is -2.41. The zero-order chi connectivity index (χ0) is 20.9. The van der Waals surface area contributed by atoms with E-state index in [-0.39, 0.29) is 11.8 Å². The van der Waals surface area contributed by atoms with Crippen molar-refractivity contribution in [1.82, 2.24) is 4.90 Å². The van der Waals surface area contributed by atoms with Crippen LogP contribution in [0.2, 0.25) is 0 Å². The smallest absolute Gasteiger partial charge is 0.231 e. The van der Waals surface area contributed by atoms with Crippen LogP contribution in [0, 0.1) is 11.8 Å². The third-order valence-electron chi connectivity index (χ3n) is 6.07. The Balaban J connectivity index is 1.38. The van der Waals surface area contributed by atoms with Crippen molar-refractivity contribution in [3.8, 4) is 11.5 Å². The maximum atomic E-state index is 13.2.